The van der Waals surface area contributed by atoms with Crippen LogP contribution >= 0.6 is 0 Å². The lowest BCUT2D eigenvalue weighted by atomic mass is 10.0. The molecular weight excluding hydrogens is 178 g/mol. The minimum Gasteiger partial charge on any atom is -0.394 e. The van der Waals surface area contributed by atoms with E-state index in [0.717, 1.165) is 13.0 Å². The number of aliphatic hydroxyl groups excluding tert-OH is 1. The molecule has 0 heterocycles. The zero-order valence-corrected chi connectivity index (χ0v) is 10.2. The SMILES string of the molecule is CCCNC(C)(CO)COC(C)(C)C. The van der Waals surface area contributed by atoms with Gasteiger partial charge in [-0.3, -0.25) is 0 Å². The lowest BCUT2D eigenvalue weighted by molar-refractivity contribution is -0.0445. The van der Waals surface area contributed by atoms with Crippen molar-refractivity contribution >= 4 is 0 Å². The van der Waals surface area contributed by atoms with Crippen LogP contribution in [-0.2, 0) is 4.74 Å². The Bertz CT molecular complexity index is 154. The molecule has 3 nitrogen and oxygen atoms in total. The monoisotopic (exact) mass is 203 g/mol. The molecule has 0 aliphatic rings. The van der Waals surface area contributed by atoms with Crippen molar-refractivity contribution in [3.63, 3.8) is 0 Å². The van der Waals surface area contributed by atoms with Crippen LogP contribution in [0.3, 0.4) is 0 Å². The molecule has 0 amide bonds. The molecule has 0 aromatic heterocycles. The maximum atomic E-state index is 9.27. The van der Waals surface area contributed by atoms with Crippen molar-refractivity contribution in [3.8, 4) is 0 Å². The van der Waals surface area contributed by atoms with E-state index in [9.17, 15) is 5.11 Å². The number of hydrogen-bond donors (Lipinski definition) is 2. The molecule has 0 saturated carbocycles. The molecule has 0 aromatic carbocycles. The quantitative estimate of drug-likeness (QED) is 0.688. The van der Waals surface area contributed by atoms with Gasteiger partial charge >= 0.3 is 0 Å². The van der Waals surface area contributed by atoms with Crippen molar-refractivity contribution in [2.24, 2.45) is 0 Å². The molecule has 2 N–H and O–H groups in total. The maximum absolute atomic E-state index is 9.27. The Labute approximate surface area is 87.8 Å². The zero-order chi connectivity index (χ0) is 11.2. The number of hydrogen-bond acceptors (Lipinski definition) is 3. The maximum Gasteiger partial charge on any atom is 0.0675 e. The Morgan fingerprint density at radius 2 is 1.79 bits per heavy atom. The fourth-order valence-corrected chi connectivity index (χ4v) is 0.955. The summed E-state index contributed by atoms with van der Waals surface area (Å²) in [6, 6.07) is 0. The summed E-state index contributed by atoms with van der Waals surface area (Å²) in [5.74, 6) is 0. The first-order valence-electron chi connectivity index (χ1n) is 5.33. The van der Waals surface area contributed by atoms with E-state index >= 15 is 0 Å². The first kappa shape index (κ1) is 13.9. The van der Waals surface area contributed by atoms with Crippen LogP contribution in [0, 0.1) is 0 Å². The van der Waals surface area contributed by atoms with Crippen LogP contribution in [0.2, 0.25) is 0 Å². The molecule has 3 heteroatoms. The van der Waals surface area contributed by atoms with E-state index in [1.54, 1.807) is 0 Å². The van der Waals surface area contributed by atoms with Crippen LogP contribution < -0.4 is 5.32 Å². The number of rotatable bonds is 6. The van der Waals surface area contributed by atoms with Crippen LogP contribution in [0.5, 0.6) is 0 Å². The first-order chi connectivity index (χ1) is 6.33. The topological polar surface area (TPSA) is 41.5 Å². The van der Waals surface area contributed by atoms with Crippen LogP contribution in [0.1, 0.15) is 41.0 Å². The van der Waals surface area contributed by atoms with Gasteiger partial charge in [-0.2, -0.15) is 0 Å². The van der Waals surface area contributed by atoms with E-state index in [1.165, 1.54) is 0 Å². The molecular formula is C11H25NO2. The second-order valence-electron chi connectivity index (χ2n) is 5.05. The largest absolute Gasteiger partial charge is 0.394 e. The summed E-state index contributed by atoms with van der Waals surface area (Å²) in [7, 11) is 0. The van der Waals surface area contributed by atoms with Gasteiger partial charge in [0.2, 0.25) is 0 Å². The molecule has 14 heavy (non-hydrogen) atoms. The summed E-state index contributed by atoms with van der Waals surface area (Å²) in [6.45, 7) is 11.7. The zero-order valence-electron chi connectivity index (χ0n) is 10.2. The Hall–Kier alpha value is -0.120. The lowest BCUT2D eigenvalue weighted by Gasteiger charge is -2.32. The van der Waals surface area contributed by atoms with Crippen LogP contribution in [0.15, 0.2) is 0 Å². The third kappa shape index (κ3) is 6.35. The predicted octanol–water partition coefficient (Wildman–Crippen LogP) is 1.55. The van der Waals surface area contributed by atoms with Crippen molar-refractivity contribution in [3.05, 3.63) is 0 Å². The van der Waals surface area contributed by atoms with E-state index in [4.69, 9.17) is 4.74 Å². The van der Waals surface area contributed by atoms with Crippen molar-refractivity contribution in [1.29, 1.82) is 0 Å². The number of ether oxygens (including phenoxy) is 1. The lowest BCUT2D eigenvalue weighted by Crippen LogP contribution is -2.51. The van der Waals surface area contributed by atoms with Crippen molar-refractivity contribution < 1.29 is 9.84 Å². The van der Waals surface area contributed by atoms with Gasteiger partial charge in [-0.1, -0.05) is 6.92 Å². The van der Waals surface area contributed by atoms with Crippen molar-refractivity contribution in [1.82, 2.24) is 5.32 Å². The third-order valence-electron chi connectivity index (χ3n) is 1.97. The van der Waals surface area contributed by atoms with Crippen LogP contribution in [0.4, 0.5) is 0 Å². The molecule has 0 aliphatic carbocycles. The average molecular weight is 203 g/mol. The highest BCUT2D eigenvalue weighted by molar-refractivity contribution is 4.82. The molecule has 0 fully saturated rings. The van der Waals surface area contributed by atoms with Crippen molar-refractivity contribution in [2.75, 3.05) is 19.8 Å². The molecule has 86 valence electrons. The minimum absolute atomic E-state index is 0.100. The summed E-state index contributed by atoms with van der Waals surface area (Å²) in [5.41, 5.74) is -0.465. The molecule has 0 aromatic rings. The normalized spacial score (nSPS) is 16.7. The Kier molecular flexibility index (Phi) is 5.64. The van der Waals surface area contributed by atoms with E-state index < -0.39 is 0 Å². The molecule has 1 atom stereocenters. The van der Waals surface area contributed by atoms with E-state index in [-0.39, 0.29) is 17.7 Å². The highest BCUT2D eigenvalue weighted by atomic mass is 16.5. The molecule has 0 aliphatic heterocycles. The Morgan fingerprint density at radius 3 is 2.14 bits per heavy atom. The summed E-state index contributed by atoms with van der Waals surface area (Å²) >= 11 is 0. The summed E-state index contributed by atoms with van der Waals surface area (Å²) < 4.78 is 5.66. The van der Waals surface area contributed by atoms with Gasteiger partial charge in [0.05, 0.1) is 24.4 Å². The van der Waals surface area contributed by atoms with Crippen molar-refractivity contribution in [2.45, 2.75) is 52.2 Å². The molecule has 1 unspecified atom stereocenters. The second kappa shape index (κ2) is 5.69. The molecule has 0 bridgehead atoms. The second-order valence-corrected chi connectivity index (χ2v) is 5.05. The van der Waals surface area contributed by atoms with Gasteiger partial charge < -0.3 is 15.2 Å². The van der Waals surface area contributed by atoms with Crippen LogP contribution in [0.25, 0.3) is 0 Å². The fourth-order valence-electron chi connectivity index (χ4n) is 0.955. The molecule has 0 saturated heterocycles. The van der Waals surface area contributed by atoms with E-state index in [1.807, 2.05) is 27.7 Å². The van der Waals surface area contributed by atoms with Gasteiger partial charge in [-0.15, -0.1) is 0 Å². The minimum atomic E-state index is -0.316. The average Bonchev–Trinajstić information content (AvgIpc) is 2.10. The standard InChI is InChI=1S/C11H25NO2/c1-6-7-12-11(5,8-13)9-14-10(2,3)4/h12-13H,6-9H2,1-5H3. The van der Waals surface area contributed by atoms with Gasteiger partial charge in [-0.05, 0) is 40.7 Å². The smallest absolute Gasteiger partial charge is 0.0675 e. The Morgan fingerprint density at radius 1 is 1.21 bits per heavy atom. The van der Waals surface area contributed by atoms with Gasteiger partial charge in [0.25, 0.3) is 0 Å². The van der Waals surface area contributed by atoms with E-state index in [0.29, 0.717) is 6.61 Å². The highest BCUT2D eigenvalue weighted by Crippen LogP contribution is 2.12. The Balaban J connectivity index is 3.98. The molecule has 0 spiro atoms. The van der Waals surface area contributed by atoms with Gasteiger partial charge in [0, 0.05) is 0 Å². The third-order valence-corrected chi connectivity index (χ3v) is 1.97. The number of aliphatic hydroxyl groups is 1. The van der Waals surface area contributed by atoms with Gasteiger partial charge in [-0.25, -0.2) is 0 Å². The fraction of sp³-hybridized carbons (Fsp3) is 1.00. The first-order valence-corrected chi connectivity index (χ1v) is 5.33. The molecule has 0 rings (SSSR count). The summed E-state index contributed by atoms with van der Waals surface area (Å²) in [4.78, 5) is 0. The summed E-state index contributed by atoms with van der Waals surface area (Å²) in [5, 5.41) is 12.6. The van der Waals surface area contributed by atoms with Gasteiger partial charge in [0.15, 0.2) is 0 Å². The summed E-state index contributed by atoms with van der Waals surface area (Å²) in [6.07, 6.45) is 1.06. The van der Waals surface area contributed by atoms with Crippen LogP contribution in [-0.4, -0.2) is 36.0 Å². The van der Waals surface area contributed by atoms with Gasteiger partial charge in [0.1, 0.15) is 0 Å². The van der Waals surface area contributed by atoms with E-state index in [2.05, 4.69) is 12.2 Å². The highest BCUT2D eigenvalue weighted by Gasteiger charge is 2.25. The molecule has 0 radical (unpaired) electrons. The predicted molar refractivity (Wildman–Crippen MR) is 59.5 cm³/mol. The number of nitrogens with one attached hydrogen (secondary N) is 1.